The van der Waals surface area contributed by atoms with E-state index in [0.717, 1.165) is 12.1 Å². The highest BCUT2D eigenvalue weighted by Gasteiger charge is 2.31. The van der Waals surface area contributed by atoms with E-state index in [1.54, 1.807) is 48.2 Å². The summed E-state index contributed by atoms with van der Waals surface area (Å²) < 4.78 is 11.0. The van der Waals surface area contributed by atoms with Crippen LogP contribution in [0.25, 0.3) is 0 Å². The summed E-state index contributed by atoms with van der Waals surface area (Å²) in [6.07, 6.45) is 0.304. The highest BCUT2D eigenvalue weighted by atomic mass is 16.5. The predicted molar refractivity (Wildman–Crippen MR) is 100 cm³/mol. The minimum atomic E-state index is -0.547. The number of fused-ring (bicyclic) bond motifs is 1. The van der Waals surface area contributed by atoms with E-state index in [-0.39, 0.29) is 11.8 Å². The molecular weight excluding hydrogens is 332 g/mol. The Hall–Kier alpha value is -3.02. The lowest BCUT2D eigenvalue weighted by Crippen LogP contribution is -2.44. The number of hydrogen-bond acceptors (Lipinski definition) is 4. The van der Waals surface area contributed by atoms with Crippen LogP contribution in [0.5, 0.6) is 11.5 Å². The maximum atomic E-state index is 12.5. The van der Waals surface area contributed by atoms with E-state index in [1.165, 1.54) is 7.11 Å². The Morgan fingerprint density at radius 1 is 1.27 bits per heavy atom. The number of anilines is 2. The van der Waals surface area contributed by atoms with Gasteiger partial charge in [0.25, 0.3) is 11.8 Å². The van der Waals surface area contributed by atoms with E-state index in [1.807, 2.05) is 13.0 Å². The Balaban J connectivity index is 1.86. The fourth-order valence-electron chi connectivity index (χ4n) is 2.97. The molecule has 0 fully saturated rings. The first-order chi connectivity index (χ1) is 12.5. The van der Waals surface area contributed by atoms with E-state index in [0.29, 0.717) is 29.3 Å². The lowest BCUT2D eigenvalue weighted by atomic mass is 10.1. The minimum absolute atomic E-state index is 0.0508. The molecular formula is C20H22N2O4. The number of benzene rings is 2. The molecule has 26 heavy (non-hydrogen) atoms. The zero-order chi connectivity index (χ0) is 18.7. The summed E-state index contributed by atoms with van der Waals surface area (Å²) in [5.41, 5.74) is 1.77. The molecule has 1 N–H and O–H groups in total. The lowest BCUT2D eigenvalue weighted by Gasteiger charge is -2.33. The van der Waals surface area contributed by atoms with Crippen molar-refractivity contribution in [3.63, 3.8) is 0 Å². The van der Waals surface area contributed by atoms with Gasteiger partial charge < -0.3 is 19.7 Å². The largest absolute Gasteiger partial charge is 0.496 e. The van der Waals surface area contributed by atoms with E-state index in [9.17, 15) is 9.59 Å². The monoisotopic (exact) mass is 354 g/mol. The molecule has 1 aliphatic heterocycles. The number of hydrogen-bond donors (Lipinski definition) is 1. The smallest absolute Gasteiger partial charge is 0.267 e. The second kappa shape index (κ2) is 7.47. The topological polar surface area (TPSA) is 67.9 Å². The molecule has 1 atom stereocenters. The maximum Gasteiger partial charge on any atom is 0.267 e. The molecule has 0 saturated carbocycles. The summed E-state index contributed by atoms with van der Waals surface area (Å²) >= 11 is 0. The molecule has 1 unspecified atom stereocenters. The van der Waals surface area contributed by atoms with Gasteiger partial charge in [-0.2, -0.15) is 0 Å². The average molecular weight is 354 g/mol. The summed E-state index contributed by atoms with van der Waals surface area (Å²) in [5.74, 6) is 0.772. The summed E-state index contributed by atoms with van der Waals surface area (Å²) in [6, 6.07) is 12.3. The molecule has 2 aromatic carbocycles. The number of nitrogens with zero attached hydrogens (tertiary/aromatic N) is 1. The SMILES string of the molecule is CCCN1C(=O)C(C)Oc2cc(NC(=O)c3ccccc3OC)ccc21. The fraction of sp³-hybridized carbons (Fsp3) is 0.300. The second-order valence-electron chi connectivity index (χ2n) is 6.09. The van der Waals surface area contributed by atoms with Crippen LogP contribution in [0.1, 0.15) is 30.6 Å². The molecule has 0 saturated heterocycles. The first-order valence-corrected chi connectivity index (χ1v) is 8.61. The summed E-state index contributed by atoms with van der Waals surface area (Å²) in [4.78, 5) is 26.6. The van der Waals surface area contributed by atoms with Gasteiger partial charge in [0.05, 0.1) is 18.4 Å². The maximum absolute atomic E-state index is 12.5. The standard InChI is InChI=1S/C20H22N2O4/c1-4-11-22-16-10-9-14(12-18(16)26-13(2)20(22)24)21-19(23)15-7-5-6-8-17(15)25-3/h5-10,12-13H,4,11H2,1-3H3,(H,21,23). The zero-order valence-corrected chi connectivity index (χ0v) is 15.1. The Kier molecular flexibility index (Phi) is 5.11. The summed E-state index contributed by atoms with van der Waals surface area (Å²) in [6.45, 7) is 4.38. The Bertz CT molecular complexity index is 834. The van der Waals surface area contributed by atoms with Gasteiger partial charge in [0.2, 0.25) is 0 Å². The van der Waals surface area contributed by atoms with Gasteiger partial charge in [-0.1, -0.05) is 19.1 Å². The fourth-order valence-corrected chi connectivity index (χ4v) is 2.97. The van der Waals surface area contributed by atoms with Gasteiger partial charge in [-0.3, -0.25) is 9.59 Å². The number of carbonyl (C=O) groups is 2. The molecule has 0 spiro atoms. The quantitative estimate of drug-likeness (QED) is 0.893. The van der Waals surface area contributed by atoms with Gasteiger partial charge in [-0.15, -0.1) is 0 Å². The first-order valence-electron chi connectivity index (χ1n) is 8.61. The number of nitrogens with one attached hydrogen (secondary N) is 1. The number of methoxy groups -OCH3 is 1. The number of rotatable bonds is 5. The molecule has 1 aliphatic rings. The molecule has 1 heterocycles. The van der Waals surface area contributed by atoms with Crippen molar-refractivity contribution in [3.05, 3.63) is 48.0 Å². The van der Waals surface area contributed by atoms with Gasteiger partial charge in [0, 0.05) is 18.3 Å². The second-order valence-corrected chi connectivity index (χ2v) is 6.09. The average Bonchev–Trinajstić information content (AvgIpc) is 2.65. The van der Waals surface area contributed by atoms with Crippen molar-refractivity contribution in [2.24, 2.45) is 0 Å². The zero-order valence-electron chi connectivity index (χ0n) is 15.1. The van der Waals surface area contributed by atoms with E-state index in [2.05, 4.69) is 5.32 Å². The highest BCUT2D eigenvalue weighted by Crippen LogP contribution is 2.36. The van der Waals surface area contributed by atoms with Crippen molar-refractivity contribution in [2.75, 3.05) is 23.9 Å². The molecule has 0 radical (unpaired) electrons. The lowest BCUT2D eigenvalue weighted by molar-refractivity contribution is -0.125. The van der Waals surface area contributed by atoms with Gasteiger partial charge in [-0.25, -0.2) is 0 Å². The molecule has 2 aromatic rings. The highest BCUT2D eigenvalue weighted by molar-refractivity contribution is 6.07. The van der Waals surface area contributed by atoms with Gasteiger partial charge in [0.15, 0.2) is 6.10 Å². The van der Waals surface area contributed by atoms with Crippen LogP contribution in [0.3, 0.4) is 0 Å². The molecule has 3 rings (SSSR count). The van der Waals surface area contributed by atoms with Crippen LogP contribution in [0, 0.1) is 0 Å². The Labute approximate surface area is 152 Å². The number of para-hydroxylation sites is 1. The van der Waals surface area contributed by atoms with Crippen LogP contribution in [-0.4, -0.2) is 31.6 Å². The van der Waals surface area contributed by atoms with E-state index >= 15 is 0 Å². The molecule has 6 heteroatoms. The minimum Gasteiger partial charge on any atom is -0.496 e. The van der Waals surface area contributed by atoms with Crippen molar-refractivity contribution < 1.29 is 19.1 Å². The molecule has 0 aliphatic carbocycles. The van der Waals surface area contributed by atoms with Crippen molar-refractivity contribution >= 4 is 23.2 Å². The molecule has 136 valence electrons. The van der Waals surface area contributed by atoms with Crippen molar-refractivity contribution in [2.45, 2.75) is 26.4 Å². The molecule has 0 bridgehead atoms. The van der Waals surface area contributed by atoms with Crippen molar-refractivity contribution in [3.8, 4) is 11.5 Å². The van der Waals surface area contributed by atoms with Crippen LogP contribution < -0.4 is 19.7 Å². The van der Waals surface area contributed by atoms with Gasteiger partial charge >= 0.3 is 0 Å². The number of amides is 2. The number of ether oxygens (including phenoxy) is 2. The van der Waals surface area contributed by atoms with E-state index in [4.69, 9.17) is 9.47 Å². The number of carbonyl (C=O) groups excluding carboxylic acids is 2. The molecule has 0 aromatic heterocycles. The molecule has 2 amide bonds. The molecule has 6 nitrogen and oxygen atoms in total. The van der Waals surface area contributed by atoms with Crippen molar-refractivity contribution in [1.29, 1.82) is 0 Å². The predicted octanol–water partition coefficient (Wildman–Crippen LogP) is 3.47. The third-order valence-electron chi connectivity index (χ3n) is 4.22. The van der Waals surface area contributed by atoms with Crippen LogP contribution >= 0.6 is 0 Å². The van der Waals surface area contributed by atoms with Crippen LogP contribution in [-0.2, 0) is 4.79 Å². The normalized spacial score (nSPS) is 15.9. The third-order valence-corrected chi connectivity index (χ3v) is 4.22. The third kappa shape index (κ3) is 3.35. The van der Waals surface area contributed by atoms with Crippen LogP contribution in [0.2, 0.25) is 0 Å². The van der Waals surface area contributed by atoms with E-state index < -0.39 is 6.10 Å². The first kappa shape index (κ1) is 17.8. The van der Waals surface area contributed by atoms with Crippen LogP contribution in [0.4, 0.5) is 11.4 Å². The van der Waals surface area contributed by atoms with Crippen molar-refractivity contribution in [1.82, 2.24) is 0 Å². The summed E-state index contributed by atoms with van der Waals surface area (Å²) in [5, 5.41) is 2.85. The Morgan fingerprint density at radius 3 is 2.77 bits per heavy atom. The van der Waals surface area contributed by atoms with Gasteiger partial charge in [0.1, 0.15) is 11.5 Å². The Morgan fingerprint density at radius 2 is 2.04 bits per heavy atom. The summed E-state index contributed by atoms with van der Waals surface area (Å²) in [7, 11) is 1.53. The van der Waals surface area contributed by atoms with Crippen LogP contribution in [0.15, 0.2) is 42.5 Å². The van der Waals surface area contributed by atoms with Gasteiger partial charge in [-0.05, 0) is 37.6 Å².